The zero-order valence-electron chi connectivity index (χ0n) is 19.7. The Bertz CT molecular complexity index is 829. The molecule has 0 aliphatic carbocycles. The van der Waals surface area contributed by atoms with Crippen LogP contribution >= 0.6 is 0 Å². The first kappa shape index (κ1) is 26.2. The van der Waals surface area contributed by atoms with Gasteiger partial charge in [-0.1, -0.05) is 51.0 Å². The first-order valence-electron chi connectivity index (χ1n) is 12.0. The third kappa shape index (κ3) is 10.9. The molecule has 2 aromatic carbocycles. The van der Waals surface area contributed by atoms with Gasteiger partial charge in [-0.3, -0.25) is 0 Å². The molecule has 5 nitrogen and oxygen atoms in total. The van der Waals surface area contributed by atoms with Crippen molar-refractivity contribution in [2.24, 2.45) is 0 Å². The lowest BCUT2D eigenvalue weighted by Crippen LogP contribution is -2.17. The lowest BCUT2D eigenvalue weighted by atomic mass is 10.0. The number of hydrogen-bond acceptors (Lipinski definition) is 5. The molecule has 0 spiro atoms. The highest BCUT2D eigenvalue weighted by atomic mass is 16.5. The summed E-state index contributed by atoms with van der Waals surface area (Å²) in [6.45, 7) is 6.27. The van der Waals surface area contributed by atoms with E-state index < -0.39 is 5.97 Å². The summed E-state index contributed by atoms with van der Waals surface area (Å²) in [5.41, 5.74) is 0.477. The lowest BCUT2D eigenvalue weighted by molar-refractivity contribution is -0.143. The van der Waals surface area contributed by atoms with Gasteiger partial charge in [0.25, 0.3) is 0 Å². The Morgan fingerprint density at radius 1 is 0.848 bits per heavy atom. The molecule has 2 rings (SSSR count). The molecule has 5 heteroatoms. The Kier molecular flexibility index (Phi) is 12.4. The smallest absolute Gasteiger partial charge is 0.343 e. The minimum Gasteiger partial charge on any atom is -0.494 e. The van der Waals surface area contributed by atoms with E-state index in [9.17, 15) is 9.59 Å². The van der Waals surface area contributed by atoms with E-state index in [1.54, 1.807) is 36.4 Å². The van der Waals surface area contributed by atoms with Gasteiger partial charge in [-0.05, 0) is 74.9 Å². The standard InChI is InChI=1S/C28H36O5/c1-3-5-6-9-14-25(32-27(29)4-2)15-12-8-13-22-31-24-20-18-23(19-21-24)28(30)33-26-16-10-7-11-17-26/h4,7,10-11,16-21,25H,2-3,5-6,8-9,12-15,22H2,1H3. The predicted molar refractivity (Wildman–Crippen MR) is 131 cm³/mol. The number of ether oxygens (including phenoxy) is 3. The molecular weight excluding hydrogens is 416 g/mol. The SMILES string of the molecule is C=CC(=O)OC(CCCCCC)CCCCCOc1ccc(C(=O)Oc2ccccc2)cc1. The monoisotopic (exact) mass is 452 g/mol. The van der Waals surface area contributed by atoms with Crippen LogP contribution in [0, 0.1) is 0 Å². The topological polar surface area (TPSA) is 61.8 Å². The maximum atomic E-state index is 12.2. The Morgan fingerprint density at radius 2 is 1.52 bits per heavy atom. The summed E-state index contributed by atoms with van der Waals surface area (Å²) < 4.78 is 16.6. The van der Waals surface area contributed by atoms with Gasteiger partial charge in [0.2, 0.25) is 0 Å². The van der Waals surface area contributed by atoms with E-state index in [0.717, 1.165) is 44.3 Å². The molecule has 0 heterocycles. The minimum absolute atomic E-state index is 0.0311. The van der Waals surface area contributed by atoms with Crippen molar-refractivity contribution in [3.8, 4) is 11.5 Å². The molecule has 0 aliphatic rings. The zero-order chi connectivity index (χ0) is 23.7. The van der Waals surface area contributed by atoms with Gasteiger partial charge in [0.05, 0.1) is 12.2 Å². The lowest BCUT2D eigenvalue weighted by Gasteiger charge is -2.17. The van der Waals surface area contributed by atoms with Gasteiger partial charge in [-0.2, -0.15) is 0 Å². The highest BCUT2D eigenvalue weighted by molar-refractivity contribution is 5.91. The fraction of sp³-hybridized carbons (Fsp3) is 0.429. The van der Waals surface area contributed by atoms with E-state index in [4.69, 9.17) is 14.2 Å². The molecule has 2 aromatic rings. The average molecular weight is 453 g/mol. The second-order valence-corrected chi connectivity index (χ2v) is 8.04. The van der Waals surface area contributed by atoms with Gasteiger partial charge in [0.1, 0.15) is 17.6 Å². The van der Waals surface area contributed by atoms with Crippen LogP contribution in [0.3, 0.4) is 0 Å². The minimum atomic E-state index is -0.394. The van der Waals surface area contributed by atoms with Crippen LogP contribution in [0.4, 0.5) is 0 Å². The van der Waals surface area contributed by atoms with Crippen molar-refractivity contribution >= 4 is 11.9 Å². The first-order chi connectivity index (χ1) is 16.1. The molecule has 33 heavy (non-hydrogen) atoms. The summed E-state index contributed by atoms with van der Waals surface area (Å²) in [7, 11) is 0. The molecule has 0 fully saturated rings. The van der Waals surface area contributed by atoms with E-state index in [1.165, 1.54) is 25.3 Å². The highest BCUT2D eigenvalue weighted by Gasteiger charge is 2.12. The third-order valence-corrected chi connectivity index (χ3v) is 5.31. The second-order valence-electron chi connectivity index (χ2n) is 8.04. The Morgan fingerprint density at radius 3 is 2.15 bits per heavy atom. The summed E-state index contributed by atoms with van der Waals surface area (Å²) in [4.78, 5) is 23.8. The summed E-state index contributed by atoms with van der Waals surface area (Å²) >= 11 is 0. The number of hydrogen-bond donors (Lipinski definition) is 0. The molecule has 0 amide bonds. The second kappa shape index (κ2) is 15.7. The molecule has 0 N–H and O–H groups in total. The van der Waals surface area contributed by atoms with Crippen LogP contribution in [-0.2, 0) is 9.53 Å². The van der Waals surface area contributed by atoms with Crippen molar-refractivity contribution < 1.29 is 23.8 Å². The fourth-order valence-corrected chi connectivity index (χ4v) is 3.46. The van der Waals surface area contributed by atoms with Gasteiger partial charge in [-0.25, -0.2) is 9.59 Å². The molecular formula is C28H36O5. The molecule has 1 atom stereocenters. The van der Waals surface area contributed by atoms with E-state index >= 15 is 0 Å². The van der Waals surface area contributed by atoms with Gasteiger partial charge in [0, 0.05) is 6.08 Å². The van der Waals surface area contributed by atoms with Crippen molar-refractivity contribution in [2.75, 3.05) is 6.61 Å². The Balaban J connectivity index is 1.65. The molecule has 0 saturated heterocycles. The van der Waals surface area contributed by atoms with E-state index in [0.29, 0.717) is 17.9 Å². The van der Waals surface area contributed by atoms with E-state index in [1.807, 2.05) is 18.2 Å². The quantitative estimate of drug-likeness (QED) is 0.120. The normalized spacial score (nSPS) is 11.4. The van der Waals surface area contributed by atoms with Crippen molar-refractivity contribution in [3.05, 3.63) is 72.8 Å². The number of benzene rings is 2. The van der Waals surface area contributed by atoms with Crippen molar-refractivity contribution in [1.29, 1.82) is 0 Å². The number of unbranched alkanes of at least 4 members (excludes halogenated alkanes) is 5. The molecule has 0 radical (unpaired) electrons. The summed E-state index contributed by atoms with van der Waals surface area (Å²) in [5, 5.41) is 0. The Hall–Kier alpha value is -3.08. The van der Waals surface area contributed by atoms with Crippen molar-refractivity contribution in [1.82, 2.24) is 0 Å². The summed E-state index contributed by atoms with van der Waals surface area (Å²) in [5.74, 6) is 0.509. The van der Waals surface area contributed by atoms with Gasteiger partial charge in [0.15, 0.2) is 0 Å². The van der Waals surface area contributed by atoms with Crippen LogP contribution in [0.25, 0.3) is 0 Å². The van der Waals surface area contributed by atoms with Crippen LogP contribution in [-0.4, -0.2) is 24.6 Å². The van der Waals surface area contributed by atoms with Crippen LogP contribution in [0.2, 0.25) is 0 Å². The van der Waals surface area contributed by atoms with Gasteiger partial charge < -0.3 is 14.2 Å². The van der Waals surface area contributed by atoms with Crippen LogP contribution < -0.4 is 9.47 Å². The predicted octanol–water partition coefficient (Wildman–Crippen LogP) is 6.91. The summed E-state index contributed by atoms with van der Waals surface area (Å²) in [6.07, 6.45) is 10.5. The molecule has 1 unspecified atom stereocenters. The van der Waals surface area contributed by atoms with Crippen LogP contribution in [0.15, 0.2) is 67.3 Å². The maximum Gasteiger partial charge on any atom is 0.343 e. The molecule has 0 bridgehead atoms. The zero-order valence-corrected chi connectivity index (χ0v) is 19.7. The number of carbonyl (C=O) groups is 2. The van der Waals surface area contributed by atoms with E-state index in [2.05, 4.69) is 13.5 Å². The van der Waals surface area contributed by atoms with Gasteiger partial charge in [-0.15, -0.1) is 0 Å². The Labute approximate surface area is 197 Å². The van der Waals surface area contributed by atoms with Crippen LogP contribution in [0.1, 0.15) is 75.1 Å². The van der Waals surface area contributed by atoms with Crippen molar-refractivity contribution in [2.45, 2.75) is 70.8 Å². The number of esters is 2. The van der Waals surface area contributed by atoms with E-state index in [-0.39, 0.29) is 12.1 Å². The number of carbonyl (C=O) groups excluding carboxylic acids is 2. The molecule has 0 aromatic heterocycles. The largest absolute Gasteiger partial charge is 0.494 e. The molecule has 178 valence electrons. The number of para-hydroxylation sites is 1. The van der Waals surface area contributed by atoms with Gasteiger partial charge >= 0.3 is 11.9 Å². The number of rotatable bonds is 16. The maximum absolute atomic E-state index is 12.2. The fourth-order valence-electron chi connectivity index (χ4n) is 3.46. The average Bonchev–Trinajstić information content (AvgIpc) is 2.84. The third-order valence-electron chi connectivity index (χ3n) is 5.31. The van der Waals surface area contributed by atoms with Crippen molar-refractivity contribution in [3.63, 3.8) is 0 Å². The highest BCUT2D eigenvalue weighted by Crippen LogP contribution is 2.18. The van der Waals surface area contributed by atoms with Crippen LogP contribution in [0.5, 0.6) is 11.5 Å². The molecule has 0 aliphatic heterocycles. The first-order valence-corrected chi connectivity index (χ1v) is 12.0. The summed E-state index contributed by atoms with van der Waals surface area (Å²) in [6, 6.07) is 16.0. The molecule has 0 saturated carbocycles.